The molecule has 1 unspecified atom stereocenters. The van der Waals surface area contributed by atoms with Crippen molar-refractivity contribution in [1.82, 2.24) is 4.98 Å². The maximum atomic E-state index is 6.02. The maximum Gasteiger partial charge on any atom is 0.0450 e. The predicted molar refractivity (Wildman–Crippen MR) is 75.8 cm³/mol. The van der Waals surface area contributed by atoms with Crippen molar-refractivity contribution in [3.63, 3.8) is 0 Å². The summed E-state index contributed by atoms with van der Waals surface area (Å²) >= 11 is 9.72. The third-order valence-electron chi connectivity index (χ3n) is 2.66. The maximum absolute atomic E-state index is 6.02. The van der Waals surface area contributed by atoms with Crippen LogP contribution in [0.5, 0.6) is 0 Å². The lowest BCUT2D eigenvalue weighted by Gasteiger charge is -2.11. The highest BCUT2D eigenvalue weighted by Gasteiger charge is 2.10. The van der Waals surface area contributed by atoms with Crippen LogP contribution in [-0.2, 0) is 6.42 Å². The lowest BCUT2D eigenvalue weighted by Crippen LogP contribution is -1.97. The predicted octanol–water partition coefficient (Wildman–Crippen LogP) is 4.72. The summed E-state index contributed by atoms with van der Waals surface area (Å²) in [6.45, 7) is 2.02. The molecule has 0 aliphatic heterocycles. The molecule has 2 aromatic rings. The third-order valence-corrected chi connectivity index (χ3v) is 3.93. The summed E-state index contributed by atoms with van der Waals surface area (Å²) in [5.41, 5.74) is 3.43. The number of rotatable bonds is 3. The molecule has 2 rings (SSSR count). The summed E-state index contributed by atoms with van der Waals surface area (Å²) in [5, 5.41) is 0.811. The minimum Gasteiger partial charge on any atom is -0.261 e. The largest absolute Gasteiger partial charge is 0.261 e. The zero-order chi connectivity index (χ0) is 12.3. The van der Waals surface area contributed by atoms with Crippen LogP contribution in [0.2, 0.25) is 5.02 Å². The molecule has 0 bridgehead atoms. The quantitative estimate of drug-likeness (QED) is 0.747. The first-order valence-corrected chi connectivity index (χ1v) is 6.76. The fourth-order valence-electron chi connectivity index (χ4n) is 1.68. The summed E-state index contributed by atoms with van der Waals surface area (Å²) in [7, 11) is 0. The topological polar surface area (TPSA) is 12.9 Å². The average molecular weight is 311 g/mol. The minimum atomic E-state index is 0.272. The molecular weight excluding hydrogens is 298 g/mol. The number of pyridine rings is 1. The zero-order valence-electron chi connectivity index (χ0n) is 9.53. The van der Waals surface area contributed by atoms with Gasteiger partial charge in [-0.2, -0.15) is 0 Å². The van der Waals surface area contributed by atoms with Gasteiger partial charge in [-0.25, -0.2) is 0 Å². The van der Waals surface area contributed by atoms with Crippen molar-refractivity contribution < 1.29 is 0 Å². The van der Waals surface area contributed by atoms with Crippen LogP contribution in [0.4, 0.5) is 0 Å². The van der Waals surface area contributed by atoms with Crippen molar-refractivity contribution in [2.45, 2.75) is 18.2 Å². The molecule has 0 saturated carbocycles. The van der Waals surface area contributed by atoms with Gasteiger partial charge in [0.25, 0.3) is 0 Å². The van der Waals surface area contributed by atoms with E-state index in [0.717, 1.165) is 22.7 Å². The van der Waals surface area contributed by atoms with E-state index < -0.39 is 0 Å². The van der Waals surface area contributed by atoms with Gasteiger partial charge in [-0.05, 0) is 36.2 Å². The Morgan fingerprint density at radius 1 is 1.29 bits per heavy atom. The van der Waals surface area contributed by atoms with Gasteiger partial charge in [0.2, 0.25) is 0 Å². The Bertz CT molecular complexity index is 499. The first-order chi connectivity index (χ1) is 8.16. The van der Waals surface area contributed by atoms with Crippen molar-refractivity contribution in [2.75, 3.05) is 0 Å². The first-order valence-electron chi connectivity index (χ1n) is 5.47. The Kier molecular flexibility index (Phi) is 4.19. The molecule has 0 amide bonds. The van der Waals surface area contributed by atoms with Crippen molar-refractivity contribution in [1.29, 1.82) is 0 Å². The number of hydrogen-bond donors (Lipinski definition) is 0. The van der Waals surface area contributed by atoms with Gasteiger partial charge in [0, 0.05) is 28.2 Å². The van der Waals surface area contributed by atoms with Gasteiger partial charge in [-0.15, -0.1) is 0 Å². The molecule has 1 atom stereocenters. The van der Waals surface area contributed by atoms with Gasteiger partial charge in [-0.1, -0.05) is 45.7 Å². The first kappa shape index (κ1) is 12.6. The number of aryl methyl sites for hydroxylation is 1. The van der Waals surface area contributed by atoms with E-state index in [1.165, 1.54) is 5.56 Å². The molecule has 3 heteroatoms. The van der Waals surface area contributed by atoms with Crippen LogP contribution in [0.25, 0.3) is 0 Å². The van der Waals surface area contributed by atoms with Crippen LogP contribution >= 0.6 is 27.5 Å². The molecule has 17 heavy (non-hydrogen) atoms. The van der Waals surface area contributed by atoms with E-state index in [1.54, 1.807) is 0 Å². The van der Waals surface area contributed by atoms with E-state index in [2.05, 4.69) is 33.0 Å². The van der Waals surface area contributed by atoms with Crippen LogP contribution in [0.15, 0.2) is 42.6 Å². The summed E-state index contributed by atoms with van der Waals surface area (Å²) in [5.74, 6) is 0. The van der Waals surface area contributed by atoms with E-state index in [4.69, 9.17) is 11.6 Å². The fourth-order valence-corrected chi connectivity index (χ4v) is 2.42. The number of aromatic nitrogens is 1. The molecule has 1 aromatic carbocycles. The van der Waals surface area contributed by atoms with E-state index in [1.807, 2.05) is 37.4 Å². The van der Waals surface area contributed by atoms with Gasteiger partial charge in [-0.3, -0.25) is 4.98 Å². The molecule has 1 nitrogen and oxygen atoms in total. The molecule has 0 saturated heterocycles. The van der Waals surface area contributed by atoms with E-state index in [9.17, 15) is 0 Å². The number of halogens is 2. The Balaban J connectivity index is 2.14. The molecule has 1 heterocycles. The lowest BCUT2D eigenvalue weighted by atomic mass is 10.1. The standard InChI is InChI=1S/C14H13BrClN/c1-10-8-11(5-6-14(10)16)13(15)9-12-4-2-3-7-17-12/h2-8,13H,9H2,1H3. The number of alkyl halides is 1. The Hall–Kier alpha value is -0.860. The second-order valence-corrected chi connectivity index (χ2v) is 5.51. The highest BCUT2D eigenvalue weighted by molar-refractivity contribution is 9.09. The van der Waals surface area contributed by atoms with Crippen LogP contribution in [0.3, 0.4) is 0 Å². The Morgan fingerprint density at radius 3 is 2.76 bits per heavy atom. The number of benzene rings is 1. The van der Waals surface area contributed by atoms with Crippen LogP contribution in [-0.4, -0.2) is 4.98 Å². The smallest absolute Gasteiger partial charge is 0.0450 e. The monoisotopic (exact) mass is 309 g/mol. The highest BCUT2D eigenvalue weighted by atomic mass is 79.9. The molecular formula is C14H13BrClN. The zero-order valence-corrected chi connectivity index (χ0v) is 11.9. The third kappa shape index (κ3) is 3.30. The lowest BCUT2D eigenvalue weighted by molar-refractivity contribution is 0.903. The molecule has 0 fully saturated rings. The molecule has 0 aliphatic rings. The average Bonchev–Trinajstić information content (AvgIpc) is 2.34. The van der Waals surface area contributed by atoms with Gasteiger partial charge in [0.1, 0.15) is 0 Å². The molecule has 0 aliphatic carbocycles. The summed E-state index contributed by atoms with van der Waals surface area (Å²) in [6.07, 6.45) is 2.70. The molecule has 0 radical (unpaired) electrons. The second-order valence-electron chi connectivity index (χ2n) is 4.00. The summed E-state index contributed by atoms with van der Waals surface area (Å²) in [4.78, 5) is 4.60. The number of hydrogen-bond acceptors (Lipinski definition) is 1. The van der Waals surface area contributed by atoms with Crippen molar-refractivity contribution in [2.24, 2.45) is 0 Å². The SMILES string of the molecule is Cc1cc(C(Br)Cc2ccccn2)ccc1Cl. The van der Waals surface area contributed by atoms with Gasteiger partial charge in [0.15, 0.2) is 0 Å². The van der Waals surface area contributed by atoms with Crippen LogP contribution < -0.4 is 0 Å². The van der Waals surface area contributed by atoms with Crippen LogP contribution in [0, 0.1) is 6.92 Å². The highest BCUT2D eigenvalue weighted by Crippen LogP contribution is 2.29. The normalized spacial score (nSPS) is 12.4. The Labute approximate surface area is 115 Å². The summed E-state index contributed by atoms with van der Waals surface area (Å²) < 4.78 is 0. The second kappa shape index (κ2) is 5.65. The molecule has 88 valence electrons. The van der Waals surface area contributed by atoms with Crippen molar-refractivity contribution in [3.8, 4) is 0 Å². The fraction of sp³-hybridized carbons (Fsp3) is 0.214. The van der Waals surface area contributed by atoms with Crippen LogP contribution in [0.1, 0.15) is 21.6 Å². The number of nitrogens with zero attached hydrogens (tertiary/aromatic N) is 1. The molecule has 1 aromatic heterocycles. The van der Waals surface area contributed by atoms with Gasteiger partial charge in [0.05, 0.1) is 0 Å². The summed E-state index contributed by atoms with van der Waals surface area (Å²) in [6, 6.07) is 12.1. The molecule has 0 spiro atoms. The van der Waals surface area contributed by atoms with Gasteiger partial charge < -0.3 is 0 Å². The molecule has 0 N–H and O–H groups in total. The van der Waals surface area contributed by atoms with E-state index in [-0.39, 0.29) is 4.83 Å². The van der Waals surface area contributed by atoms with E-state index >= 15 is 0 Å². The van der Waals surface area contributed by atoms with Gasteiger partial charge >= 0.3 is 0 Å². The van der Waals surface area contributed by atoms with E-state index in [0.29, 0.717) is 0 Å². The Morgan fingerprint density at radius 2 is 2.12 bits per heavy atom. The minimum absolute atomic E-state index is 0.272. The van der Waals surface area contributed by atoms with Crippen molar-refractivity contribution in [3.05, 3.63) is 64.4 Å². The van der Waals surface area contributed by atoms with Crippen molar-refractivity contribution >= 4 is 27.5 Å².